The second-order valence-corrected chi connectivity index (χ2v) is 6.49. The third-order valence-electron chi connectivity index (χ3n) is 4.31. The summed E-state index contributed by atoms with van der Waals surface area (Å²) in [5.41, 5.74) is 3.26. The Kier molecular flexibility index (Phi) is 4.22. The van der Waals surface area contributed by atoms with Crippen LogP contribution in [0.1, 0.15) is 29.5 Å². The molecule has 1 saturated carbocycles. The summed E-state index contributed by atoms with van der Waals surface area (Å²) in [6.45, 7) is 4.80. The number of likely N-dealkylation sites (N-methyl/N-ethyl adjacent to an activating group) is 1. The normalized spacial score (nSPS) is 14.4. The number of carbonyl (C=O) groups is 1. The number of nitrogens with zero attached hydrogens (tertiary/aromatic N) is 1. The van der Waals surface area contributed by atoms with E-state index in [1.807, 2.05) is 37.9 Å². The fourth-order valence-corrected chi connectivity index (χ4v) is 2.75. The van der Waals surface area contributed by atoms with Crippen molar-refractivity contribution in [2.24, 2.45) is 0 Å². The van der Waals surface area contributed by atoms with Gasteiger partial charge in [-0.15, -0.1) is 0 Å². The molecule has 0 spiro atoms. The predicted octanol–water partition coefficient (Wildman–Crippen LogP) is 2.12. The van der Waals surface area contributed by atoms with E-state index in [1.165, 1.54) is 6.07 Å². The zero-order chi connectivity index (χ0) is 16.6. The second-order valence-electron chi connectivity index (χ2n) is 6.49. The first-order chi connectivity index (χ1) is 10.9. The zero-order valence-corrected chi connectivity index (χ0v) is 13.8. The molecule has 1 N–H and O–H groups in total. The number of benzene rings is 1. The second kappa shape index (κ2) is 6.16. The molecule has 0 saturated heterocycles. The van der Waals surface area contributed by atoms with Crippen LogP contribution in [0.3, 0.4) is 0 Å². The molecule has 1 heterocycles. The summed E-state index contributed by atoms with van der Waals surface area (Å²) in [6.07, 6.45) is 2.16. The standard InChI is InChI=1S/C18H22N2O3/c1-11-4-7-15-13(8-17(22)23-18(15)12(11)2)9-20(3)10-16(21)19-14-5-6-14/h4,7-8,14H,5-6,9-10H2,1-3H3,(H,19,21). The molecule has 1 aromatic carbocycles. The molecular formula is C18H22N2O3. The van der Waals surface area contributed by atoms with Crippen LogP contribution in [-0.2, 0) is 11.3 Å². The highest BCUT2D eigenvalue weighted by Crippen LogP contribution is 2.24. The van der Waals surface area contributed by atoms with E-state index in [9.17, 15) is 9.59 Å². The number of aryl methyl sites for hydroxylation is 2. The minimum absolute atomic E-state index is 0.0364. The summed E-state index contributed by atoms with van der Waals surface area (Å²) in [6, 6.07) is 5.90. The average molecular weight is 314 g/mol. The number of rotatable bonds is 5. The van der Waals surface area contributed by atoms with E-state index < -0.39 is 0 Å². The van der Waals surface area contributed by atoms with Gasteiger partial charge in [0.15, 0.2) is 0 Å². The molecule has 2 aromatic rings. The molecule has 5 nitrogen and oxygen atoms in total. The van der Waals surface area contributed by atoms with Gasteiger partial charge in [-0.05, 0) is 50.4 Å². The van der Waals surface area contributed by atoms with Gasteiger partial charge in [-0.1, -0.05) is 12.1 Å². The van der Waals surface area contributed by atoms with Crippen molar-refractivity contribution in [3.8, 4) is 0 Å². The highest BCUT2D eigenvalue weighted by atomic mass is 16.4. The summed E-state index contributed by atoms with van der Waals surface area (Å²) >= 11 is 0. The lowest BCUT2D eigenvalue weighted by Crippen LogP contribution is -2.36. The average Bonchev–Trinajstić information content (AvgIpc) is 3.26. The van der Waals surface area contributed by atoms with Gasteiger partial charge in [0, 0.05) is 24.0 Å². The molecule has 1 aliphatic carbocycles. The maximum absolute atomic E-state index is 11.9. The summed E-state index contributed by atoms with van der Waals surface area (Å²) in [5, 5.41) is 3.91. The van der Waals surface area contributed by atoms with E-state index in [4.69, 9.17) is 4.42 Å². The molecule has 122 valence electrons. The van der Waals surface area contributed by atoms with Crippen LogP contribution in [0.4, 0.5) is 0 Å². The van der Waals surface area contributed by atoms with Gasteiger partial charge in [0.2, 0.25) is 5.91 Å². The lowest BCUT2D eigenvalue weighted by molar-refractivity contribution is -0.122. The molecule has 1 fully saturated rings. The molecule has 3 rings (SSSR count). The van der Waals surface area contributed by atoms with Gasteiger partial charge in [0.1, 0.15) is 5.58 Å². The summed E-state index contributed by atoms with van der Waals surface area (Å²) in [4.78, 5) is 25.7. The van der Waals surface area contributed by atoms with E-state index in [1.54, 1.807) is 0 Å². The van der Waals surface area contributed by atoms with Crippen LogP contribution in [0.15, 0.2) is 27.4 Å². The van der Waals surface area contributed by atoms with E-state index in [2.05, 4.69) is 5.32 Å². The molecular weight excluding hydrogens is 292 g/mol. The first kappa shape index (κ1) is 15.7. The fraction of sp³-hybridized carbons (Fsp3) is 0.444. The van der Waals surface area contributed by atoms with Crippen molar-refractivity contribution >= 4 is 16.9 Å². The number of nitrogens with one attached hydrogen (secondary N) is 1. The molecule has 0 unspecified atom stereocenters. The third-order valence-corrected chi connectivity index (χ3v) is 4.31. The lowest BCUT2D eigenvalue weighted by atomic mass is 10.0. The Morgan fingerprint density at radius 3 is 2.78 bits per heavy atom. The number of hydrogen-bond donors (Lipinski definition) is 1. The quantitative estimate of drug-likeness (QED) is 0.859. The Morgan fingerprint density at radius 1 is 1.35 bits per heavy atom. The Balaban J connectivity index is 1.82. The number of hydrogen-bond acceptors (Lipinski definition) is 4. The molecule has 5 heteroatoms. The molecule has 1 aromatic heterocycles. The van der Waals surface area contributed by atoms with Crippen LogP contribution >= 0.6 is 0 Å². The monoisotopic (exact) mass is 314 g/mol. The molecule has 1 aliphatic rings. The first-order valence-corrected chi connectivity index (χ1v) is 7.95. The molecule has 0 aliphatic heterocycles. The van der Waals surface area contributed by atoms with Gasteiger partial charge < -0.3 is 9.73 Å². The Bertz CT molecular complexity index is 806. The van der Waals surface area contributed by atoms with Crippen molar-refractivity contribution in [3.05, 3.63) is 45.3 Å². The Morgan fingerprint density at radius 2 is 2.09 bits per heavy atom. The van der Waals surface area contributed by atoms with Crippen molar-refractivity contribution in [3.63, 3.8) is 0 Å². The first-order valence-electron chi connectivity index (χ1n) is 7.95. The van der Waals surface area contributed by atoms with Crippen LogP contribution < -0.4 is 10.9 Å². The Labute approximate surface area is 135 Å². The Hall–Kier alpha value is -2.14. The van der Waals surface area contributed by atoms with Crippen molar-refractivity contribution in [2.45, 2.75) is 39.3 Å². The topological polar surface area (TPSA) is 62.6 Å². The minimum atomic E-state index is -0.350. The number of fused-ring (bicyclic) bond motifs is 1. The summed E-state index contributed by atoms with van der Waals surface area (Å²) < 4.78 is 5.38. The smallest absolute Gasteiger partial charge is 0.336 e. The molecule has 0 atom stereocenters. The van der Waals surface area contributed by atoms with Gasteiger partial charge in [-0.25, -0.2) is 4.79 Å². The van der Waals surface area contributed by atoms with Crippen molar-refractivity contribution in [1.82, 2.24) is 10.2 Å². The lowest BCUT2D eigenvalue weighted by Gasteiger charge is -2.17. The van der Waals surface area contributed by atoms with Crippen LogP contribution in [0.2, 0.25) is 0 Å². The number of carbonyl (C=O) groups excluding carboxylic acids is 1. The summed E-state index contributed by atoms with van der Waals surface area (Å²) in [5.74, 6) is 0.0364. The SMILES string of the molecule is Cc1ccc2c(CN(C)CC(=O)NC3CC3)cc(=O)oc2c1C. The van der Waals surface area contributed by atoms with Crippen molar-refractivity contribution in [2.75, 3.05) is 13.6 Å². The fourth-order valence-electron chi connectivity index (χ4n) is 2.75. The third kappa shape index (κ3) is 3.62. The maximum Gasteiger partial charge on any atom is 0.336 e. The predicted molar refractivity (Wildman–Crippen MR) is 89.5 cm³/mol. The van der Waals surface area contributed by atoms with Crippen LogP contribution in [0, 0.1) is 13.8 Å². The van der Waals surface area contributed by atoms with Gasteiger partial charge in [-0.2, -0.15) is 0 Å². The van der Waals surface area contributed by atoms with E-state index in [-0.39, 0.29) is 11.5 Å². The van der Waals surface area contributed by atoms with E-state index in [0.717, 1.165) is 34.9 Å². The zero-order valence-electron chi connectivity index (χ0n) is 13.8. The van der Waals surface area contributed by atoms with Crippen molar-refractivity contribution in [1.29, 1.82) is 0 Å². The van der Waals surface area contributed by atoms with Crippen LogP contribution in [-0.4, -0.2) is 30.4 Å². The molecule has 23 heavy (non-hydrogen) atoms. The van der Waals surface area contributed by atoms with Crippen LogP contribution in [0.5, 0.6) is 0 Å². The molecule has 0 radical (unpaired) electrons. The van der Waals surface area contributed by atoms with E-state index >= 15 is 0 Å². The highest BCUT2D eigenvalue weighted by molar-refractivity contribution is 5.84. The van der Waals surface area contributed by atoms with Gasteiger partial charge in [0.25, 0.3) is 0 Å². The molecule has 1 amide bonds. The highest BCUT2D eigenvalue weighted by Gasteiger charge is 2.23. The van der Waals surface area contributed by atoms with Crippen molar-refractivity contribution < 1.29 is 9.21 Å². The summed E-state index contributed by atoms with van der Waals surface area (Å²) in [7, 11) is 1.88. The number of amides is 1. The van der Waals surface area contributed by atoms with Crippen LogP contribution in [0.25, 0.3) is 11.0 Å². The molecule has 0 bridgehead atoms. The van der Waals surface area contributed by atoms with E-state index in [0.29, 0.717) is 24.7 Å². The largest absolute Gasteiger partial charge is 0.422 e. The van der Waals surface area contributed by atoms with Gasteiger partial charge in [-0.3, -0.25) is 9.69 Å². The van der Waals surface area contributed by atoms with Gasteiger partial charge >= 0.3 is 5.63 Å². The maximum atomic E-state index is 11.9. The van der Waals surface area contributed by atoms with Gasteiger partial charge in [0.05, 0.1) is 6.54 Å². The minimum Gasteiger partial charge on any atom is -0.422 e.